The van der Waals surface area contributed by atoms with Gasteiger partial charge >= 0.3 is 0 Å². The van der Waals surface area contributed by atoms with Gasteiger partial charge in [-0.3, -0.25) is 4.79 Å². The lowest BCUT2D eigenvalue weighted by atomic mass is 10.2. The lowest BCUT2D eigenvalue weighted by Crippen LogP contribution is -1.89. The Morgan fingerprint density at radius 1 is 1.25 bits per heavy atom. The molecule has 0 amide bonds. The van der Waals surface area contributed by atoms with Gasteiger partial charge < -0.3 is 0 Å². The Morgan fingerprint density at radius 2 is 1.92 bits per heavy atom. The zero-order valence-electron chi connectivity index (χ0n) is 8.05. The van der Waals surface area contributed by atoms with E-state index in [1.165, 1.54) is 0 Å². The number of carbonyl (C=O) groups excluding carboxylic acids is 1. The highest BCUT2D eigenvalue weighted by atomic mass is 16.1. The molecule has 0 aromatic rings. The van der Waals surface area contributed by atoms with Crippen LogP contribution in [0.4, 0.5) is 0 Å². The smallest absolute Gasteiger partial charge is 0.155 e. The topological polar surface area (TPSA) is 17.1 Å². The van der Waals surface area contributed by atoms with Crippen molar-refractivity contribution in [3.8, 4) is 0 Å². The minimum Gasteiger partial charge on any atom is -0.295 e. The molecule has 0 aliphatic carbocycles. The number of allylic oxidation sites excluding steroid dienone is 4. The van der Waals surface area contributed by atoms with Gasteiger partial charge in [0.1, 0.15) is 0 Å². The SMILES string of the molecule is CC=CCCC=CC(=O)CCC. The van der Waals surface area contributed by atoms with Crippen molar-refractivity contribution < 1.29 is 4.79 Å². The van der Waals surface area contributed by atoms with Crippen LogP contribution in [-0.2, 0) is 4.79 Å². The fourth-order valence-corrected chi connectivity index (χ4v) is 0.904. The van der Waals surface area contributed by atoms with Crippen LogP contribution < -0.4 is 0 Å². The van der Waals surface area contributed by atoms with Crippen molar-refractivity contribution in [1.29, 1.82) is 0 Å². The van der Waals surface area contributed by atoms with Crippen LogP contribution in [0.25, 0.3) is 0 Å². The maximum atomic E-state index is 11.0. The number of hydrogen-bond donors (Lipinski definition) is 0. The van der Waals surface area contributed by atoms with E-state index in [9.17, 15) is 4.79 Å². The first kappa shape index (κ1) is 11.2. The Hall–Kier alpha value is -0.850. The number of rotatable bonds is 6. The standard InChI is InChI=1S/C11H18O/c1-3-5-6-7-8-10-11(12)9-4-2/h3,5,8,10H,4,6-7,9H2,1-2H3. The summed E-state index contributed by atoms with van der Waals surface area (Å²) in [4.78, 5) is 11.0. The Labute approximate surface area is 75.2 Å². The molecule has 1 heteroatoms. The van der Waals surface area contributed by atoms with Crippen molar-refractivity contribution in [2.75, 3.05) is 0 Å². The lowest BCUT2D eigenvalue weighted by Gasteiger charge is -1.88. The Bertz CT molecular complexity index is 166. The predicted molar refractivity (Wildman–Crippen MR) is 53.1 cm³/mol. The third-order valence-corrected chi connectivity index (χ3v) is 1.54. The quantitative estimate of drug-likeness (QED) is 0.336. The van der Waals surface area contributed by atoms with E-state index >= 15 is 0 Å². The van der Waals surface area contributed by atoms with Crippen molar-refractivity contribution in [3.63, 3.8) is 0 Å². The normalized spacial score (nSPS) is 11.5. The largest absolute Gasteiger partial charge is 0.295 e. The van der Waals surface area contributed by atoms with Crippen molar-refractivity contribution in [1.82, 2.24) is 0 Å². The summed E-state index contributed by atoms with van der Waals surface area (Å²) in [7, 11) is 0. The van der Waals surface area contributed by atoms with E-state index < -0.39 is 0 Å². The molecule has 0 atom stereocenters. The molecule has 0 aromatic heterocycles. The van der Waals surface area contributed by atoms with Gasteiger partial charge in [-0.15, -0.1) is 0 Å². The van der Waals surface area contributed by atoms with Gasteiger partial charge in [-0.25, -0.2) is 0 Å². The van der Waals surface area contributed by atoms with Crippen molar-refractivity contribution in [2.45, 2.75) is 39.5 Å². The van der Waals surface area contributed by atoms with Crippen LogP contribution in [0.2, 0.25) is 0 Å². The summed E-state index contributed by atoms with van der Waals surface area (Å²) in [5.74, 6) is 0.248. The minimum atomic E-state index is 0.248. The van der Waals surface area contributed by atoms with Crippen molar-refractivity contribution in [3.05, 3.63) is 24.3 Å². The summed E-state index contributed by atoms with van der Waals surface area (Å²) in [6.07, 6.45) is 11.4. The van der Waals surface area contributed by atoms with Gasteiger partial charge in [0.05, 0.1) is 0 Å². The minimum absolute atomic E-state index is 0.248. The summed E-state index contributed by atoms with van der Waals surface area (Å²) in [5, 5.41) is 0. The molecule has 0 aliphatic heterocycles. The van der Waals surface area contributed by atoms with Crippen molar-refractivity contribution in [2.24, 2.45) is 0 Å². The van der Waals surface area contributed by atoms with Gasteiger partial charge in [-0.1, -0.05) is 25.2 Å². The molecule has 68 valence electrons. The molecule has 12 heavy (non-hydrogen) atoms. The van der Waals surface area contributed by atoms with Crippen LogP contribution >= 0.6 is 0 Å². The van der Waals surface area contributed by atoms with Crippen LogP contribution in [0.5, 0.6) is 0 Å². The molecule has 0 unspecified atom stereocenters. The average Bonchev–Trinajstić information content (AvgIpc) is 2.05. The van der Waals surface area contributed by atoms with Gasteiger partial charge in [0.2, 0.25) is 0 Å². The molecule has 0 aliphatic rings. The van der Waals surface area contributed by atoms with E-state index in [-0.39, 0.29) is 5.78 Å². The molecule has 0 saturated heterocycles. The van der Waals surface area contributed by atoms with Gasteiger partial charge in [0.15, 0.2) is 5.78 Å². The predicted octanol–water partition coefficient (Wildman–Crippen LogP) is 3.27. The fourth-order valence-electron chi connectivity index (χ4n) is 0.904. The first-order valence-electron chi connectivity index (χ1n) is 4.61. The third-order valence-electron chi connectivity index (χ3n) is 1.54. The van der Waals surface area contributed by atoms with Crippen LogP contribution in [-0.4, -0.2) is 5.78 Å². The molecular weight excluding hydrogens is 148 g/mol. The summed E-state index contributed by atoms with van der Waals surface area (Å²) in [6.45, 7) is 4.03. The first-order valence-corrected chi connectivity index (χ1v) is 4.61. The number of carbonyl (C=O) groups is 1. The second kappa shape index (κ2) is 8.25. The van der Waals surface area contributed by atoms with Crippen LogP contribution in [0, 0.1) is 0 Å². The molecule has 0 N–H and O–H groups in total. The Balaban J connectivity index is 3.41. The molecule has 0 spiro atoms. The molecule has 0 heterocycles. The van der Waals surface area contributed by atoms with Crippen molar-refractivity contribution >= 4 is 5.78 Å². The zero-order valence-corrected chi connectivity index (χ0v) is 8.05. The second-order valence-electron chi connectivity index (χ2n) is 2.77. The van der Waals surface area contributed by atoms with Crippen LogP contribution in [0.3, 0.4) is 0 Å². The molecule has 0 bridgehead atoms. The molecule has 0 radical (unpaired) electrons. The lowest BCUT2D eigenvalue weighted by molar-refractivity contribution is -0.114. The molecule has 0 rings (SSSR count). The highest BCUT2D eigenvalue weighted by Crippen LogP contribution is 1.95. The molecular formula is C11H18O. The van der Waals surface area contributed by atoms with Gasteiger partial charge in [-0.2, -0.15) is 0 Å². The summed E-state index contributed by atoms with van der Waals surface area (Å²) >= 11 is 0. The third kappa shape index (κ3) is 7.26. The maximum Gasteiger partial charge on any atom is 0.155 e. The summed E-state index contributed by atoms with van der Waals surface area (Å²) < 4.78 is 0. The van der Waals surface area contributed by atoms with E-state index in [0.717, 1.165) is 19.3 Å². The fraction of sp³-hybridized carbons (Fsp3) is 0.545. The highest BCUT2D eigenvalue weighted by molar-refractivity contribution is 5.89. The molecule has 1 nitrogen and oxygen atoms in total. The number of hydrogen-bond acceptors (Lipinski definition) is 1. The van der Waals surface area contributed by atoms with E-state index in [4.69, 9.17) is 0 Å². The second-order valence-corrected chi connectivity index (χ2v) is 2.77. The number of unbranched alkanes of at least 4 members (excludes halogenated alkanes) is 1. The zero-order chi connectivity index (χ0) is 9.23. The summed E-state index contributed by atoms with van der Waals surface area (Å²) in [5.41, 5.74) is 0. The molecule has 0 aromatic carbocycles. The Kier molecular flexibility index (Phi) is 7.66. The number of ketones is 1. The highest BCUT2D eigenvalue weighted by Gasteiger charge is 1.90. The molecule has 0 saturated carbocycles. The maximum absolute atomic E-state index is 11.0. The average molecular weight is 166 g/mol. The van der Waals surface area contributed by atoms with E-state index in [0.29, 0.717) is 6.42 Å². The van der Waals surface area contributed by atoms with E-state index in [2.05, 4.69) is 6.08 Å². The summed E-state index contributed by atoms with van der Waals surface area (Å²) in [6, 6.07) is 0. The van der Waals surface area contributed by atoms with Gasteiger partial charge in [-0.05, 0) is 32.3 Å². The van der Waals surface area contributed by atoms with E-state index in [1.54, 1.807) is 6.08 Å². The van der Waals surface area contributed by atoms with E-state index in [1.807, 2.05) is 26.0 Å². The van der Waals surface area contributed by atoms with Gasteiger partial charge in [0.25, 0.3) is 0 Å². The molecule has 0 fully saturated rings. The monoisotopic (exact) mass is 166 g/mol. The first-order chi connectivity index (χ1) is 5.81. The van der Waals surface area contributed by atoms with Crippen LogP contribution in [0.15, 0.2) is 24.3 Å². The Morgan fingerprint density at radius 3 is 2.50 bits per heavy atom. The van der Waals surface area contributed by atoms with Gasteiger partial charge in [0, 0.05) is 6.42 Å². The van der Waals surface area contributed by atoms with Crippen LogP contribution in [0.1, 0.15) is 39.5 Å².